The quantitative estimate of drug-likeness (QED) is 0.0150. The number of aromatic nitrogens is 6. The fourth-order valence-corrected chi connectivity index (χ4v) is 7.36. The molecular formula is C52H50ClN9O17. The minimum absolute atomic E-state index is 0.103. The van der Waals surface area contributed by atoms with Gasteiger partial charge in [-0.15, -0.1) is 30.4 Å². The largest absolute Gasteiger partial charge is 0.510 e. The Morgan fingerprint density at radius 1 is 0.696 bits per heavy atom. The average Bonchev–Trinajstić information content (AvgIpc) is 4.08. The van der Waals surface area contributed by atoms with Crippen molar-refractivity contribution in [2.45, 2.75) is 85.9 Å². The maximum Gasteiger partial charge on any atom is 0.510 e. The van der Waals surface area contributed by atoms with E-state index in [-0.39, 0.29) is 42.0 Å². The SMILES string of the molecule is CC(=O)Nc1ccc(OC(=O)c2ccc(COC(=O)OC(C)O[N+](=O)[O-])cc2)cc1.CCCCc1nc(Cl)c(COC(=O)c2ccc(COC(=O)OC(C)O[N+](=O)[O-])cc2)n1Cc1ccc(-c2ccccc2-c2nn[nH]n2)cc1. The molecule has 79 heavy (non-hydrogen) atoms. The highest BCUT2D eigenvalue weighted by Gasteiger charge is 2.21. The Balaban J connectivity index is 0.000000288. The number of H-pyrrole nitrogens is 1. The van der Waals surface area contributed by atoms with Crippen molar-refractivity contribution in [1.82, 2.24) is 30.2 Å². The highest BCUT2D eigenvalue weighted by atomic mass is 35.5. The Bertz CT molecular complexity index is 3200. The molecule has 0 aliphatic heterocycles. The minimum atomic E-state index is -1.43. The van der Waals surface area contributed by atoms with Gasteiger partial charge in [-0.3, -0.25) is 14.5 Å². The molecule has 0 saturated heterocycles. The molecule has 1 amide bonds. The number of unbranched alkanes of at least 4 members (excludes halogenated alkanes) is 1. The van der Waals surface area contributed by atoms with Gasteiger partial charge in [0.15, 0.2) is 5.15 Å². The van der Waals surface area contributed by atoms with E-state index in [4.69, 9.17) is 30.5 Å². The van der Waals surface area contributed by atoms with E-state index in [1.54, 1.807) is 48.5 Å². The first-order valence-electron chi connectivity index (χ1n) is 23.8. The van der Waals surface area contributed by atoms with Crippen LogP contribution in [0.25, 0.3) is 22.5 Å². The lowest BCUT2D eigenvalue weighted by Crippen LogP contribution is -2.21. The molecule has 0 aliphatic rings. The Morgan fingerprint density at radius 3 is 1.76 bits per heavy atom. The van der Waals surface area contributed by atoms with Gasteiger partial charge in [0.05, 0.1) is 16.8 Å². The fraction of sp³-hybridized carbons (Fsp3) is 0.250. The van der Waals surface area contributed by atoms with E-state index < -0.39 is 47.0 Å². The van der Waals surface area contributed by atoms with Gasteiger partial charge in [0.1, 0.15) is 31.4 Å². The predicted molar refractivity (Wildman–Crippen MR) is 275 cm³/mol. The third-order valence-electron chi connectivity index (χ3n) is 10.8. The molecular weight excluding hydrogens is 1060 g/mol. The summed E-state index contributed by atoms with van der Waals surface area (Å²) < 4.78 is 31.8. The van der Waals surface area contributed by atoms with Crippen LogP contribution in [-0.2, 0) is 70.9 Å². The number of nitrogens with zero attached hydrogens (tertiary/aromatic N) is 7. The van der Waals surface area contributed by atoms with E-state index in [9.17, 15) is 44.2 Å². The number of carbonyl (C=O) groups excluding carboxylic acids is 5. The number of aromatic amines is 1. The summed E-state index contributed by atoms with van der Waals surface area (Å²) in [6.45, 7) is 5.82. The maximum absolute atomic E-state index is 13.0. The smallest absolute Gasteiger partial charge is 0.456 e. The molecule has 2 unspecified atom stereocenters. The van der Waals surface area contributed by atoms with Crippen molar-refractivity contribution in [2.75, 3.05) is 5.32 Å². The normalized spacial score (nSPS) is 11.3. The molecule has 2 atom stereocenters. The van der Waals surface area contributed by atoms with Crippen molar-refractivity contribution >= 4 is 47.4 Å². The number of benzene rings is 5. The summed E-state index contributed by atoms with van der Waals surface area (Å²) in [7, 11) is 0. The lowest BCUT2D eigenvalue weighted by Gasteiger charge is -2.14. The third kappa shape index (κ3) is 18.4. The number of tetrazole rings is 1. The molecule has 0 spiro atoms. The molecule has 26 nitrogen and oxygen atoms in total. The van der Waals surface area contributed by atoms with Crippen molar-refractivity contribution < 1.29 is 72.2 Å². The van der Waals surface area contributed by atoms with Crippen molar-refractivity contribution in [3.8, 4) is 28.3 Å². The van der Waals surface area contributed by atoms with Crippen LogP contribution in [-0.4, -0.2) is 83.1 Å². The maximum atomic E-state index is 13.0. The van der Waals surface area contributed by atoms with Crippen LogP contribution in [0, 0.1) is 20.2 Å². The number of imidazole rings is 1. The number of amides is 1. The summed E-state index contributed by atoms with van der Waals surface area (Å²) in [5, 5.41) is 35.6. The molecule has 2 N–H and O–H groups in total. The number of carbonyl (C=O) groups is 5. The molecule has 7 aromatic rings. The van der Waals surface area contributed by atoms with E-state index in [0.717, 1.165) is 47.8 Å². The second-order valence-electron chi connectivity index (χ2n) is 16.6. The number of rotatable bonds is 23. The molecule has 0 fully saturated rings. The van der Waals surface area contributed by atoms with Crippen LogP contribution in [0.2, 0.25) is 5.15 Å². The number of aryl methyl sites for hydroxylation is 1. The second-order valence-corrected chi connectivity index (χ2v) is 17.0. The highest BCUT2D eigenvalue weighted by Crippen LogP contribution is 2.31. The molecule has 2 aromatic heterocycles. The van der Waals surface area contributed by atoms with Gasteiger partial charge in [0, 0.05) is 31.1 Å². The van der Waals surface area contributed by atoms with Gasteiger partial charge >= 0.3 is 24.2 Å². The third-order valence-corrected chi connectivity index (χ3v) is 11.1. The Kier molecular flexibility index (Phi) is 21.2. The Morgan fingerprint density at radius 2 is 1.24 bits per heavy atom. The van der Waals surface area contributed by atoms with E-state index in [1.807, 2.05) is 53.1 Å². The molecule has 0 aliphatic carbocycles. The zero-order valence-electron chi connectivity index (χ0n) is 42.6. The first-order chi connectivity index (χ1) is 37.9. The average molecular weight is 1110 g/mol. The van der Waals surface area contributed by atoms with Crippen LogP contribution >= 0.6 is 11.6 Å². The van der Waals surface area contributed by atoms with Gasteiger partial charge in [-0.05, 0) is 102 Å². The van der Waals surface area contributed by atoms with Gasteiger partial charge in [-0.2, -0.15) is 5.21 Å². The number of anilines is 1. The molecule has 0 bridgehead atoms. The number of hydrogen-bond donors (Lipinski definition) is 2. The van der Waals surface area contributed by atoms with Gasteiger partial charge in [-0.1, -0.05) is 97.7 Å². The van der Waals surface area contributed by atoms with E-state index >= 15 is 0 Å². The van der Waals surface area contributed by atoms with Gasteiger partial charge in [-0.25, -0.2) is 24.2 Å². The Hall–Kier alpha value is -9.98. The first-order valence-corrected chi connectivity index (χ1v) is 24.2. The lowest BCUT2D eigenvalue weighted by atomic mass is 9.98. The summed E-state index contributed by atoms with van der Waals surface area (Å²) in [6.07, 6.45) is -2.53. The summed E-state index contributed by atoms with van der Waals surface area (Å²) >= 11 is 6.60. The molecule has 5 aromatic carbocycles. The topological polar surface area (TPSA) is 330 Å². The first kappa shape index (κ1) is 58.3. The predicted octanol–water partition coefficient (Wildman–Crippen LogP) is 9.41. The second kappa shape index (κ2) is 28.8. The summed E-state index contributed by atoms with van der Waals surface area (Å²) in [5.74, 6) is 0.216. The van der Waals surface area contributed by atoms with Gasteiger partial charge in [0.2, 0.25) is 24.3 Å². The van der Waals surface area contributed by atoms with Gasteiger partial charge < -0.3 is 38.3 Å². The zero-order chi connectivity index (χ0) is 56.8. The van der Waals surface area contributed by atoms with E-state index in [2.05, 4.69) is 57.0 Å². The number of esters is 2. The zero-order valence-corrected chi connectivity index (χ0v) is 43.4. The van der Waals surface area contributed by atoms with Crippen LogP contribution in [0.15, 0.2) is 121 Å². The van der Waals surface area contributed by atoms with E-state index in [1.165, 1.54) is 38.1 Å². The molecule has 0 radical (unpaired) electrons. The number of halogens is 1. The molecule has 27 heteroatoms. The van der Waals surface area contributed by atoms with Crippen molar-refractivity contribution in [3.05, 3.63) is 186 Å². The number of ether oxygens (including phenoxy) is 6. The van der Waals surface area contributed by atoms with Gasteiger partial charge in [0.25, 0.3) is 10.2 Å². The molecule has 7 rings (SSSR count). The standard InChI is InChI=1S/C33H32ClN7O8.C19H18N2O9/c1-3-4-9-29-35-30(34)28(20-46-32(42)25-16-12-23(13-17-25)19-47-33(43)48-21(2)49-41(44)45)40(29)18-22-10-14-24(15-11-22)26-7-5-6-8-27(26)31-36-38-39-37-31;1-12(22)20-16-7-9-17(10-8-16)29-18(23)15-5-3-14(4-6-15)11-27-19(24)28-13(2)30-21(25)26/h5-8,10-17,21H,3-4,9,18-20H2,1-2H3,(H,36,37,38,39);3-10,13H,11H2,1-2H3,(H,20,22). The molecule has 412 valence electrons. The number of nitrogens with one attached hydrogen (secondary N) is 2. The van der Waals surface area contributed by atoms with Crippen LogP contribution in [0.5, 0.6) is 5.75 Å². The number of hydrogen-bond acceptors (Lipinski definition) is 21. The van der Waals surface area contributed by atoms with E-state index in [0.29, 0.717) is 47.0 Å². The molecule has 0 saturated carbocycles. The summed E-state index contributed by atoms with van der Waals surface area (Å²) in [5.41, 5.74) is 6.59. The summed E-state index contributed by atoms with van der Waals surface area (Å²) in [4.78, 5) is 92.5. The highest BCUT2D eigenvalue weighted by molar-refractivity contribution is 6.30. The van der Waals surface area contributed by atoms with Crippen molar-refractivity contribution in [2.24, 2.45) is 0 Å². The van der Waals surface area contributed by atoms with Crippen LogP contribution in [0.4, 0.5) is 15.3 Å². The lowest BCUT2D eigenvalue weighted by molar-refractivity contribution is -0.777. The Labute approximate surface area is 454 Å². The van der Waals surface area contributed by atoms with Crippen molar-refractivity contribution in [1.29, 1.82) is 0 Å². The van der Waals surface area contributed by atoms with Crippen molar-refractivity contribution in [3.63, 3.8) is 0 Å². The fourth-order valence-electron chi connectivity index (χ4n) is 7.11. The monoisotopic (exact) mass is 1110 g/mol. The van der Waals surface area contributed by atoms with Crippen LogP contribution in [0.1, 0.15) is 89.5 Å². The van der Waals surface area contributed by atoms with Crippen LogP contribution in [0.3, 0.4) is 0 Å². The summed E-state index contributed by atoms with van der Waals surface area (Å²) in [6, 6.07) is 34.5. The molecule has 2 heterocycles. The van der Waals surface area contributed by atoms with Crippen LogP contribution < -0.4 is 10.1 Å². The minimum Gasteiger partial charge on any atom is -0.456 e.